The lowest BCUT2D eigenvalue weighted by atomic mass is 10.3. The van der Waals surface area contributed by atoms with E-state index >= 15 is 0 Å². The number of halogens is 4. The third-order valence-corrected chi connectivity index (χ3v) is 3.77. The zero-order valence-electron chi connectivity index (χ0n) is 9.54. The third kappa shape index (κ3) is 6.02. The van der Waals surface area contributed by atoms with E-state index in [9.17, 15) is 21.6 Å². The minimum absolute atomic E-state index is 0.0597. The molecule has 0 spiro atoms. The second kappa shape index (κ2) is 5.87. The van der Waals surface area contributed by atoms with Gasteiger partial charge < -0.3 is 5.11 Å². The number of anilines is 1. The molecule has 0 atom stereocenters. The Balaban J connectivity index is 2.61. The molecule has 4 nitrogen and oxygen atoms in total. The monoisotopic (exact) mass is 317 g/mol. The standard InChI is InChI=1S/C10H11ClF3NO3S/c11-8-6-7(2-3-9(8)16)15-19(17,18)5-1-4-10(12,13)14/h2-3,6,15-16H,1,4-5H2. The highest BCUT2D eigenvalue weighted by Crippen LogP contribution is 2.27. The molecule has 0 aromatic heterocycles. The smallest absolute Gasteiger partial charge is 0.389 e. The molecule has 0 amide bonds. The van der Waals surface area contributed by atoms with Gasteiger partial charge in [0, 0.05) is 6.42 Å². The van der Waals surface area contributed by atoms with Crippen molar-refractivity contribution in [1.29, 1.82) is 0 Å². The van der Waals surface area contributed by atoms with Gasteiger partial charge in [0.25, 0.3) is 0 Å². The molecule has 19 heavy (non-hydrogen) atoms. The fraction of sp³-hybridized carbons (Fsp3) is 0.400. The summed E-state index contributed by atoms with van der Waals surface area (Å²) in [6.07, 6.45) is -6.06. The summed E-state index contributed by atoms with van der Waals surface area (Å²) in [5, 5.41) is 9.08. The van der Waals surface area contributed by atoms with Crippen LogP contribution in [0.1, 0.15) is 12.8 Å². The first-order valence-corrected chi connectivity index (χ1v) is 7.18. The maximum absolute atomic E-state index is 11.9. The number of nitrogens with one attached hydrogen (secondary N) is 1. The van der Waals surface area contributed by atoms with E-state index in [2.05, 4.69) is 4.72 Å². The molecule has 0 saturated heterocycles. The molecule has 9 heteroatoms. The molecule has 0 saturated carbocycles. The van der Waals surface area contributed by atoms with Gasteiger partial charge in [-0.3, -0.25) is 4.72 Å². The molecular weight excluding hydrogens is 307 g/mol. The third-order valence-electron chi connectivity index (χ3n) is 2.09. The van der Waals surface area contributed by atoms with Crippen molar-refractivity contribution in [2.45, 2.75) is 19.0 Å². The number of aromatic hydroxyl groups is 1. The zero-order chi connectivity index (χ0) is 14.7. The van der Waals surface area contributed by atoms with Crippen LogP contribution >= 0.6 is 11.6 Å². The second-order valence-corrected chi connectivity index (χ2v) is 6.05. The first-order chi connectivity index (χ1) is 8.59. The van der Waals surface area contributed by atoms with Crippen LogP contribution in [0.3, 0.4) is 0 Å². The van der Waals surface area contributed by atoms with Gasteiger partial charge in [-0.2, -0.15) is 13.2 Å². The normalized spacial score (nSPS) is 12.4. The molecule has 1 aromatic carbocycles. The molecule has 0 fully saturated rings. The lowest BCUT2D eigenvalue weighted by molar-refractivity contribution is -0.134. The topological polar surface area (TPSA) is 66.4 Å². The number of rotatable bonds is 5. The minimum Gasteiger partial charge on any atom is -0.506 e. The van der Waals surface area contributed by atoms with Gasteiger partial charge >= 0.3 is 6.18 Å². The maximum atomic E-state index is 11.9. The molecule has 108 valence electrons. The minimum atomic E-state index is -4.38. The van der Waals surface area contributed by atoms with Crippen LogP contribution in [0.15, 0.2) is 18.2 Å². The van der Waals surface area contributed by atoms with E-state index in [1.165, 1.54) is 12.1 Å². The lowest BCUT2D eigenvalue weighted by Crippen LogP contribution is -2.18. The largest absolute Gasteiger partial charge is 0.506 e. The van der Waals surface area contributed by atoms with Crippen molar-refractivity contribution in [2.24, 2.45) is 0 Å². The Kier molecular flexibility index (Phi) is 4.92. The Morgan fingerprint density at radius 3 is 2.47 bits per heavy atom. The fourth-order valence-electron chi connectivity index (χ4n) is 1.26. The number of hydrogen-bond donors (Lipinski definition) is 2. The highest BCUT2D eigenvalue weighted by molar-refractivity contribution is 7.92. The van der Waals surface area contributed by atoms with E-state index < -0.39 is 34.8 Å². The average Bonchev–Trinajstić information content (AvgIpc) is 2.20. The van der Waals surface area contributed by atoms with Gasteiger partial charge in [-0.15, -0.1) is 0 Å². The van der Waals surface area contributed by atoms with Gasteiger partial charge in [0.05, 0.1) is 16.5 Å². The number of phenolic OH excluding ortho intramolecular Hbond substituents is 1. The zero-order valence-corrected chi connectivity index (χ0v) is 11.1. The van der Waals surface area contributed by atoms with Crippen LogP contribution in [-0.4, -0.2) is 25.5 Å². The maximum Gasteiger partial charge on any atom is 0.389 e. The summed E-state index contributed by atoms with van der Waals surface area (Å²) in [5.41, 5.74) is 0.0785. The first-order valence-electron chi connectivity index (χ1n) is 5.15. The van der Waals surface area contributed by atoms with Crippen LogP contribution in [0.4, 0.5) is 18.9 Å². The van der Waals surface area contributed by atoms with Crippen molar-refractivity contribution >= 4 is 27.3 Å². The molecule has 1 rings (SSSR count). The van der Waals surface area contributed by atoms with Gasteiger partial charge in [-0.25, -0.2) is 8.42 Å². The van der Waals surface area contributed by atoms with E-state index in [4.69, 9.17) is 16.7 Å². The lowest BCUT2D eigenvalue weighted by Gasteiger charge is -2.09. The Bertz CT molecular complexity index is 545. The van der Waals surface area contributed by atoms with Crippen molar-refractivity contribution in [3.63, 3.8) is 0 Å². The Hall–Kier alpha value is -1.15. The summed E-state index contributed by atoms with van der Waals surface area (Å²) in [5.74, 6) is -0.868. The van der Waals surface area contributed by atoms with Crippen LogP contribution < -0.4 is 4.72 Å². The number of benzene rings is 1. The molecule has 0 heterocycles. The van der Waals surface area contributed by atoms with Crippen LogP contribution in [-0.2, 0) is 10.0 Å². The Labute approximate surface area is 113 Å². The summed E-state index contributed by atoms with van der Waals surface area (Å²) in [6, 6.07) is 3.59. The van der Waals surface area contributed by atoms with E-state index in [1.807, 2.05) is 0 Å². The summed E-state index contributed by atoms with van der Waals surface area (Å²) in [7, 11) is -3.88. The molecule has 0 aliphatic carbocycles. The van der Waals surface area contributed by atoms with E-state index in [1.54, 1.807) is 0 Å². The second-order valence-electron chi connectivity index (χ2n) is 3.81. The van der Waals surface area contributed by atoms with Crippen molar-refractivity contribution in [3.8, 4) is 5.75 Å². The van der Waals surface area contributed by atoms with Crippen molar-refractivity contribution in [1.82, 2.24) is 0 Å². The van der Waals surface area contributed by atoms with E-state index in [-0.39, 0.29) is 16.5 Å². The van der Waals surface area contributed by atoms with Crippen LogP contribution in [0.25, 0.3) is 0 Å². The predicted octanol–water partition coefficient (Wildman–Crippen LogP) is 3.13. The van der Waals surface area contributed by atoms with Gasteiger partial charge in [-0.05, 0) is 24.6 Å². The highest BCUT2D eigenvalue weighted by atomic mass is 35.5. The summed E-state index contributed by atoms with van der Waals surface area (Å²) in [4.78, 5) is 0. The highest BCUT2D eigenvalue weighted by Gasteiger charge is 2.27. The summed E-state index contributed by atoms with van der Waals surface area (Å²) >= 11 is 5.57. The van der Waals surface area contributed by atoms with Gasteiger partial charge in [0.1, 0.15) is 5.75 Å². The quantitative estimate of drug-likeness (QED) is 0.820. The van der Waals surface area contributed by atoms with Crippen molar-refractivity contribution in [2.75, 3.05) is 10.5 Å². The molecular formula is C10H11ClF3NO3S. The Morgan fingerprint density at radius 1 is 1.32 bits per heavy atom. The number of hydrogen-bond acceptors (Lipinski definition) is 3. The molecule has 1 aromatic rings. The molecule has 0 aliphatic heterocycles. The number of sulfonamides is 1. The summed E-state index contributed by atoms with van der Waals surface area (Å²) in [6.45, 7) is 0. The SMILES string of the molecule is O=S(=O)(CCCC(F)(F)F)Nc1ccc(O)c(Cl)c1. The number of alkyl halides is 3. The van der Waals surface area contributed by atoms with Crippen molar-refractivity contribution in [3.05, 3.63) is 23.2 Å². The Morgan fingerprint density at radius 2 is 1.95 bits per heavy atom. The molecule has 0 bridgehead atoms. The van der Waals surface area contributed by atoms with E-state index in [0.717, 1.165) is 6.07 Å². The average molecular weight is 318 g/mol. The van der Waals surface area contributed by atoms with Crippen LogP contribution in [0.5, 0.6) is 5.75 Å². The first kappa shape index (κ1) is 15.9. The van der Waals surface area contributed by atoms with Crippen LogP contribution in [0, 0.1) is 0 Å². The van der Waals surface area contributed by atoms with Crippen molar-refractivity contribution < 1.29 is 26.7 Å². The molecule has 0 radical (unpaired) electrons. The fourth-order valence-corrected chi connectivity index (χ4v) is 2.56. The molecule has 2 N–H and O–H groups in total. The van der Waals surface area contributed by atoms with Crippen LogP contribution in [0.2, 0.25) is 5.02 Å². The van der Waals surface area contributed by atoms with Gasteiger partial charge in [-0.1, -0.05) is 11.6 Å². The molecule has 0 unspecified atom stereocenters. The van der Waals surface area contributed by atoms with Gasteiger partial charge in [0.2, 0.25) is 10.0 Å². The van der Waals surface area contributed by atoms with E-state index in [0.29, 0.717) is 0 Å². The number of phenols is 1. The van der Waals surface area contributed by atoms with Gasteiger partial charge in [0.15, 0.2) is 0 Å². The predicted molar refractivity (Wildman–Crippen MR) is 65.8 cm³/mol. The molecule has 0 aliphatic rings. The summed E-state index contributed by atoms with van der Waals surface area (Å²) < 4.78 is 60.8.